The molecule has 0 saturated carbocycles. The van der Waals surface area contributed by atoms with Crippen LogP contribution in [-0.4, -0.2) is 19.5 Å². The molecule has 1 fully saturated rings. The first-order valence-electron chi connectivity index (χ1n) is 7.42. The van der Waals surface area contributed by atoms with Crippen molar-refractivity contribution in [3.05, 3.63) is 60.2 Å². The second-order valence-electron chi connectivity index (χ2n) is 6.27. The maximum Gasteiger partial charge on any atom is 0.185 e. The number of hydrogen-bond acceptors (Lipinski definition) is 4. The van der Waals surface area contributed by atoms with Gasteiger partial charge in [-0.1, -0.05) is 24.3 Å². The predicted molar refractivity (Wildman–Crippen MR) is 110 cm³/mol. The highest BCUT2D eigenvalue weighted by Gasteiger charge is 2.62. The van der Waals surface area contributed by atoms with Crippen molar-refractivity contribution in [1.82, 2.24) is 0 Å². The summed E-state index contributed by atoms with van der Waals surface area (Å²) in [5, 5.41) is -0.800. The largest absolute Gasteiger partial charge is 0.294 e. The zero-order valence-electron chi connectivity index (χ0n) is 12.1. The molecule has 2 bridgehead atoms. The van der Waals surface area contributed by atoms with Crippen LogP contribution in [0.4, 0.5) is 0 Å². The number of fused-ring (bicyclic) bond motifs is 9. The summed E-state index contributed by atoms with van der Waals surface area (Å²) in [6.45, 7) is 0. The van der Waals surface area contributed by atoms with Gasteiger partial charge in [0.1, 0.15) is 0 Å². The first kappa shape index (κ1) is 16.1. The van der Waals surface area contributed by atoms with Gasteiger partial charge >= 0.3 is 0 Å². The lowest BCUT2D eigenvalue weighted by molar-refractivity contribution is 0.0905. The van der Waals surface area contributed by atoms with Gasteiger partial charge in [-0.05, 0) is 68.4 Å². The zero-order chi connectivity index (χ0) is 16.8. The molecule has 122 valence electrons. The summed E-state index contributed by atoms with van der Waals surface area (Å²) in [6.07, 6.45) is 0. The third-order valence-corrected chi connectivity index (χ3v) is 11.1. The Hall–Kier alpha value is -0.130. The van der Waals surface area contributed by atoms with E-state index < -0.39 is 21.0 Å². The zero-order valence-corrected chi connectivity index (χ0v) is 18.0. The second-order valence-corrected chi connectivity index (χ2v) is 12.0. The van der Waals surface area contributed by atoms with Gasteiger partial charge in [-0.15, -0.1) is 11.8 Å². The molecule has 0 aromatic heterocycles. The van der Waals surface area contributed by atoms with Crippen molar-refractivity contribution in [2.24, 2.45) is 5.92 Å². The Balaban J connectivity index is 1.81. The molecule has 0 amide bonds. The maximum absolute atomic E-state index is 13.4. The van der Waals surface area contributed by atoms with E-state index in [0.29, 0.717) is 9.13 Å². The van der Waals surface area contributed by atoms with Crippen LogP contribution in [0, 0.1) is 13.1 Å². The molecular weight excluding hydrogens is 570 g/mol. The van der Waals surface area contributed by atoms with E-state index in [9.17, 15) is 13.2 Å². The predicted octanol–water partition coefficient (Wildman–Crippen LogP) is 4.39. The lowest BCUT2D eigenvalue weighted by atomic mass is 9.79. The Morgan fingerprint density at radius 1 is 1.00 bits per heavy atom. The molecule has 0 radical (unpaired) electrons. The van der Waals surface area contributed by atoms with E-state index in [1.165, 1.54) is 0 Å². The number of hydrogen-bond donors (Lipinski definition) is 0. The van der Waals surface area contributed by atoms with Crippen molar-refractivity contribution in [3.8, 4) is 0 Å². The average Bonchev–Trinajstić information content (AvgIpc) is 3.09. The van der Waals surface area contributed by atoms with Crippen LogP contribution in [-0.2, 0) is 9.84 Å². The van der Waals surface area contributed by atoms with E-state index in [-0.39, 0.29) is 21.2 Å². The topological polar surface area (TPSA) is 51.2 Å². The molecule has 1 saturated heterocycles. The molecule has 2 aromatic carbocycles. The number of thioether (sulfide) groups is 1. The number of carbonyl (C=O) groups is 1. The normalized spacial score (nSPS) is 31.5. The van der Waals surface area contributed by atoms with E-state index in [0.717, 1.165) is 14.7 Å². The average molecular weight is 580 g/mol. The van der Waals surface area contributed by atoms with Gasteiger partial charge in [0.15, 0.2) is 15.6 Å². The van der Waals surface area contributed by atoms with Gasteiger partial charge in [-0.3, -0.25) is 4.79 Å². The van der Waals surface area contributed by atoms with Crippen LogP contribution in [0.15, 0.2) is 41.3 Å². The Morgan fingerprint density at radius 2 is 1.67 bits per heavy atom. The van der Waals surface area contributed by atoms with Gasteiger partial charge in [0.2, 0.25) is 0 Å². The molecule has 2 aromatic rings. The minimum Gasteiger partial charge on any atom is -0.294 e. The third kappa shape index (κ3) is 1.90. The molecule has 5 rings (SSSR count). The highest BCUT2D eigenvalue weighted by atomic mass is 127. The minimum atomic E-state index is -3.53. The smallest absolute Gasteiger partial charge is 0.185 e. The second kappa shape index (κ2) is 5.20. The van der Waals surface area contributed by atoms with E-state index in [4.69, 9.17) is 0 Å². The highest BCUT2D eigenvalue weighted by molar-refractivity contribution is 14.1. The number of Topliss-reactive ketones (excluding diaryl/α,β-unsaturated/α-hetero) is 1. The molecule has 3 aliphatic rings. The van der Waals surface area contributed by atoms with E-state index in [2.05, 4.69) is 22.6 Å². The van der Waals surface area contributed by atoms with E-state index >= 15 is 0 Å². The molecule has 4 unspecified atom stereocenters. The Kier molecular flexibility index (Phi) is 3.48. The van der Waals surface area contributed by atoms with Crippen LogP contribution in [0.25, 0.3) is 0 Å². The number of sulfone groups is 1. The number of benzene rings is 2. The van der Waals surface area contributed by atoms with Crippen molar-refractivity contribution < 1.29 is 13.2 Å². The molecule has 3 aliphatic heterocycles. The van der Waals surface area contributed by atoms with Crippen LogP contribution in [0.3, 0.4) is 0 Å². The molecular formula is C17H10I2O3S2. The highest BCUT2D eigenvalue weighted by Crippen LogP contribution is 2.67. The number of halogens is 2. The lowest BCUT2D eigenvalue weighted by Crippen LogP contribution is -2.43. The first-order chi connectivity index (χ1) is 11.4. The van der Waals surface area contributed by atoms with Crippen LogP contribution in [0.5, 0.6) is 0 Å². The van der Waals surface area contributed by atoms with E-state index in [1.807, 2.05) is 52.9 Å². The summed E-state index contributed by atoms with van der Waals surface area (Å²) >= 11 is 5.83. The number of ketones is 1. The fraction of sp³-hybridized carbons (Fsp3) is 0.235. The molecule has 3 heterocycles. The molecule has 3 nitrogen and oxygen atoms in total. The SMILES string of the molecule is O=C1c2cc(I)cc(I)c2S(=O)(=O)C2C3SC(c4ccccc43)C12. The lowest BCUT2D eigenvalue weighted by Gasteiger charge is -2.35. The quantitative estimate of drug-likeness (QED) is 0.434. The number of carbonyl (C=O) groups excluding carboxylic acids is 1. The van der Waals surface area contributed by atoms with Crippen LogP contribution < -0.4 is 0 Å². The molecule has 0 N–H and O–H groups in total. The Bertz CT molecular complexity index is 1030. The van der Waals surface area contributed by atoms with Gasteiger partial charge in [0, 0.05) is 23.2 Å². The molecule has 4 atom stereocenters. The first-order valence-corrected chi connectivity index (χ1v) is 12.1. The molecule has 0 spiro atoms. The van der Waals surface area contributed by atoms with Gasteiger partial charge in [0.05, 0.1) is 16.1 Å². The number of rotatable bonds is 0. The standard InChI is InChI=1S/C17H10I2O3S2/c18-7-5-10-13(20)12-14-8-3-1-2-4-9(8)15(23-14)17(12)24(21,22)16(10)11(19)6-7/h1-6,12,14-15,17H. The van der Waals surface area contributed by atoms with Gasteiger partial charge in [-0.2, -0.15) is 0 Å². The van der Waals surface area contributed by atoms with Crippen LogP contribution in [0.2, 0.25) is 0 Å². The van der Waals surface area contributed by atoms with Gasteiger partial charge in [-0.25, -0.2) is 8.42 Å². The summed E-state index contributed by atoms with van der Waals surface area (Å²) < 4.78 is 28.3. The van der Waals surface area contributed by atoms with Crippen molar-refractivity contribution >= 4 is 72.6 Å². The van der Waals surface area contributed by atoms with Gasteiger partial charge in [0.25, 0.3) is 0 Å². The summed E-state index contributed by atoms with van der Waals surface area (Å²) in [4.78, 5) is 13.5. The van der Waals surface area contributed by atoms with Crippen molar-refractivity contribution in [3.63, 3.8) is 0 Å². The van der Waals surface area contributed by atoms with E-state index in [1.54, 1.807) is 17.8 Å². The summed E-state index contributed by atoms with van der Waals surface area (Å²) in [7, 11) is -3.53. The monoisotopic (exact) mass is 580 g/mol. The van der Waals surface area contributed by atoms with Crippen LogP contribution >= 0.6 is 56.9 Å². The fourth-order valence-corrected chi connectivity index (χ4v) is 11.7. The minimum absolute atomic E-state index is 0.00393. The molecule has 7 heteroatoms. The maximum atomic E-state index is 13.4. The third-order valence-electron chi connectivity index (χ3n) is 5.10. The van der Waals surface area contributed by atoms with Gasteiger partial charge < -0.3 is 0 Å². The summed E-state index contributed by atoms with van der Waals surface area (Å²) in [6, 6.07) is 11.5. The van der Waals surface area contributed by atoms with Crippen molar-refractivity contribution in [1.29, 1.82) is 0 Å². The van der Waals surface area contributed by atoms with Crippen LogP contribution in [0.1, 0.15) is 32.0 Å². The molecule has 24 heavy (non-hydrogen) atoms. The summed E-state index contributed by atoms with van der Waals surface area (Å²) in [5.41, 5.74) is 2.62. The van der Waals surface area contributed by atoms with Crippen molar-refractivity contribution in [2.45, 2.75) is 20.6 Å². The molecule has 0 aliphatic carbocycles. The Labute approximate surface area is 171 Å². The summed E-state index contributed by atoms with van der Waals surface area (Å²) in [5.74, 6) is -0.461. The Morgan fingerprint density at radius 3 is 2.38 bits per heavy atom. The fourth-order valence-electron chi connectivity index (χ4n) is 4.22. The van der Waals surface area contributed by atoms with Crippen molar-refractivity contribution in [2.75, 3.05) is 0 Å².